The van der Waals surface area contributed by atoms with E-state index >= 15 is 0 Å². The summed E-state index contributed by atoms with van der Waals surface area (Å²) in [5, 5.41) is 2.85. The van der Waals surface area contributed by atoms with Gasteiger partial charge in [0, 0.05) is 23.6 Å². The minimum Gasteiger partial charge on any atom is -0.445 e. The normalized spacial score (nSPS) is 17.3. The Kier molecular flexibility index (Phi) is 5.91. The van der Waals surface area contributed by atoms with Crippen LogP contribution in [0, 0.1) is 0 Å². The minimum absolute atomic E-state index is 0.155. The summed E-state index contributed by atoms with van der Waals surface area (Å²) in [4.78, 5) is 15.7. The maximum atomic E-state index is 13.6. The smallest absolute Gasteiger partial charge is 0.266 e. The van der Waals surface area contributed by atoms with Gasteiger partial charge in [0.05, 0.1) is 24.2 Å². The fourth-order valence-corrected chi connectivity index (χ4v) is 6.99. The summed E-state index contributed by atoms with van der Waals surface area (Å²) in [6, 6.07) is 13.7. The third-order valence-corrected chi connectivity index (χ3v) is 9.65. The highest BCUT2D eigenvalue weighted by atomic mass is 32.2. The van der Waals surface area contributed by atoms with E-state index in [2.05, 4.69) is 10.3 Å². The molecule has 178 valence electrons. The number of methoxy groups -OCH3 is 1. The maximum absolute atomic E-state index is 13.6. The predicted molar refractivity (Wildman–Crippen MR) is 131 cm³/mol. The number of oxazole rings is 1. The molecule has 1 aliphatic carbocycles. The molecule has 1 N–H and O–H groups in total. The summed E-state index contributed by atoms with van der Waals surface area (Å²) in [6.45, 7) is 1.46. The highest BCUT2D eigenvalue weighted by Gasteiger charge is 2.47. The van der Waals surface area contributed by atoms with Gasteiger partial charge >= 0.3 is 0 Å². The van der Waals surface area contributed by atoms with Crippen LogP contribution in [0.25, 0.3) is 22.6 Å². The number of thioether (sulfide) groups is 1. The monoisotopic (exact) mass is 499 g/mol. The number of anilines is 1. The molecule has 0 bridgehead atoms. The van der Waals surface area contributed by atoms with Crippen molar-refractivity contribution < 1.29 is 22.4 Å². The lowest BCUT2D eigenvalue weighted by Crippen LogP contribution is -2.50. The predicted octanol–water partition coefficient (Wildman–Crippen LogP) is 4.24. The Morgan fingerprint density at radius 1 is 1.21 bits per heavy atom. The summed E-state index contributed by atoms with van der Waals surface area (Å²) in [5.41, 5.74) is 3.45. The number of carbonyl (C=O) groups is 1. The number of sulfonamides is 1. The SMILES string of the molecule is COC(C)(CC(=O)NC1CC1)S(=O)(=O)N1CSc2cc(-c3ccc(-c4ncco4)cc3)ccc21. The van der Waals surface area contributed by atoms with Crippen molar-refractivity contribution in [3.8, 4) is 22.6 Å². The van der Waals surface area contributed by atoms with Gasteiger partial charge in [0.25, 0.3) is 10.0 Å². The standard InChI is InChI=1S/C24H25N3O5S2/c1-24(31-2,14-22(28)26-19-8-9-19)34(29,30)27-15-33-21-13-18(7-10-20(21)27)16-3-5-17(6-4-16)23-25-11-12-32-23/h3-7,10-13,19H,8-9,14-15H2,1-2H3,(H,26,28). The van der Waals surface area contributed by atoms with Crippen molar-refractivity contribution in [3.63, 3.8) is 0 Å². The molecule has 2 aliphatic rings. The van der Waals surface area contributed by atoms with E-state index < -0.39 is 15.0 Å². The number of benzene rings is 2. The fraction of sp³-hybridized carbons (Fsp3) is 0.333. The summed E-state index contributed by atoms with van der Waals surface area (Å²) in [7, 11) is -2.64. The van der Waals surface area contributed by atoms with Crippen molar-refractivity contribution in [1.82, 2.24) is 10.3 Å². The highest BCUT2D eigenvalue weighted by Crippen LogP contribution is 2.45. The summed E-state index contributed by atoms with van der Waals surface area (Å²) in [5.74, 6) is 0.475. The molecule has 2 heterocycles. The van der Waals surface area contributed by atoms with Gasteiger partial charge in [-0.25, -0.2) is 13.4 Å². The van der Waals surface area contributed by atoms with Gasteiger partial charge in [-0.3, -0.25) is 9.10 Å². The Labute approximate surface area is 202 Å². The second-order valence-electron chi connectivity index (χ2n) is 8.58. The number of hydrogen-bond donors (Lipinski definition) is 1. The number of nitrogens with zero attached hydrogens (tertiary/aromatic N) is 2. The average molecular weight is 500 g/mol. The van der Waals surface area contributed by atoms with Crippen LogP contribution < -0.4 is 9.62 Å². The molecule has 0 saturated heterocycles. The van der Waals surface area contributed by atoms with Crippen molar-refractivity contribution >= 4 is 33.4 Å². The van der Waals surface area contributed by atoms with Crippen molar-refractivity contribution in [2.45, 2.75) is 42.1 Å². The van der Waals surface area contributed by atoms with Gasteiger partial charge in [-0.1, -0.05) is 18.2 Å². The zero-order valence-electron chi connectivity index (χ0n) is 18.9. The molecule has 0 radical (unpaired) electrons. The van der Waals surface area contributed by atoms with Crippen LogP contribution >= 0.6 is 11.8 Å². The molecule has 5 rings (SSSR count). The van der Waals surface area contributed by atoms with Gasteiger partial charge in [0.2, 0.25) is 11.8 Å². The number of ether oxygens (including phenoxy) is 1. The first-order valence-electron chi connectivity index (χ1n) is 10.9. The number of rotatable bonds is 8. The van der Waals surface area contributed by atoms with Crippen LogP contribution in [0.4, 0.5) is 5.69 Å². The lowest BCUT2D eigenvalue weighted by molar-refractivity contribution is -0.124. The molecule has 1 aliphatic heterocycles. The minimum atomic E-state index is -3.97. The average Bonchev–Trinajstić information content (AvgIpc) is 3.30. The number of amides is 1. The van der Waals surface area contributed by atoms with E-state index in [0.29, 0.717) is 11.6 Å². The highest BCUT2D eigenvalue weighted by molar-refractivity contribution is 8.02. The molecule has 1 amide bonds. The molecule has 1 saturated carbocycles. The van der Waals surface area contributed by atoms with Gasteiger partial charge in [-0.05, 0) is 55.2 Å². The fourth-order valence-electron chi connectivity index (χ4n) is 3.88. The Balaban J connectivity index is 1.38. The quantitative estimate of drug-likeness (QED) is 0.495. The van der Waals surface area contributed by atoms with Gasteiger partial charge in [0.1, 0.15) is 6.26 Å². The van der Waals surface area contributed by atoms with E-state index in [4.69, 9.17) is 9.15 Å². The summed E-state index contributed by atoms with van der Waals surface area (Å²) >= 11 is 1.44. The second-order valence-corrected chi connectivity index (χ2v) is 11.8. The lowest BCUT2D eigenvalue weighted by Gasteiger charge is -2.32. The van der Waals surface area contributed by atoms with Gasteiger partial charge in [-0.2, -0.15) is 0 Å². The van der Waals surface area contributed by atoms with Crippen molar-refractivity contribution in [3.05, 3.63) is 54.9 Å². The molecule has 8 nitrogen and oxygen atoms in total. The van der Waals surface area contributed by atoms with Gasteiger partial charge < -0.3 is 14.5 Å². The van der Waals surface area contributed by atoms with Crippen LogP contribution in [0.3, 0.4) is 0 Å². The van der Waals surface area contributed by atoms with E-state index in [0.717, 1.165) is 34.4 Å². The zero-order chi connectivity index (χ0) is 23.9. The third-order valence-electron chi connectivity index (χ3n) is 6.16. The molecule has 3 aromatic rings. The van der Waals surface area contributed by atoms with Crippen LogP contribution in [0.15, 0.2) is 64.2 Å². The zero-order valence-corrected chi connectivity index (χ0v) is 20.5. The Morgan fingerprint density at radius 3 is 2.56 bits per heavy atom. The maximum Gasteiger partial charge on any atom is 0.266 e. The molecule has 10 heteroatoms. The van der Waals surface area contributed by atoms with Crippen molar-refractivity contribution in [2.24, 2.45) is 0 Å². The van der Waals surface area contributed by atoms with E-state index in [1.165, 1.54) is 36.4 Å². The molecule has 1 unspecified atom stereocenters. The van der Waals surface area contributed by atoms with Gasteiger partial charge in [-0.15, -0.1) is 11.8 Å². The summed E-state index contributed by atoms with van der Waals surface area (Å²) < 4.78 is 39.3. The molecule has 0 spiro atoms. The number of nitrogens with one attached hydrogen (secondary N) is 1. The first-order valence-corrected chi connectivity index (χ1v) is 13.4. The van der Waals surface area contributed by atoms with Crippen LogP contribution in [-0.2, 0) is 19.6 Å². The Bertz CT molecular complexity index is 1300. The Morgan fingerprint density at radius 2 is 1.91 bits per heavy atom. The molecule has 1 atom stereocenters. The third kappa shape index (κ3) is 4.21. The van der Waals surface area contributed by atoms with E-state index in [1.807, 2.05) is 42.5 Å². The molecule has 34 heavy (non-hydrogen) atoms. The second kappa shape index (κ2) is 8.75. The van der Waals surface area contributed by atoms with Crippen molar-refractivity contribution in [1.29, 1.82) is 0 Å². The van der Waals surface area contributed by atoms with Crippen LogP contribution in [0.2, 0.25) is 0 Å². The van der Waals surface area contributed by atoms with E-state index in [9.17, 15) is 13.2 Å². The van der Waals surface area contributed by atoms with Crippen LogP contribution in [-0.4, -0.2) is 43.3 Å². The Hall–Kier alpha value is -2.82. The van der Waals surface area contributed by atoms with E-state index in [-0.39, 0.29) is 24.2 Å². The van der Waals surface area contributed by atoms with Crippen LogP contribution in [0.5, 0.6) is 0 Å². The van der Waals surface area contributed by atoms with Crippen LogP contribution in [0.1, 0.15) is 26.2 Å². The molecular formula is C24H25N3O5S2. The first kappa shape index (κ1) is 22.9. The van der Waals surface area contributed by atoms with Gasteiger partial charge in [0.15, 0.2) is 4.93 Å². The number of fused-ring (bicyclic) bond motifs is 1. The molecular weight excluding hydrogens is 474 g/mol. The lowest BCUT2D eigenvalue weighted by atomic mass is 10.0. The number of aromatic nitrogens is 1. The van der Waals surface area contributed by atoms with E-state index in [1.54, 1.807) is 6.20 Å². The molecule has 1 aromatic heterocycles. The summed E-state index contributed by atoms with van der Waals surface area (Å²) in [6.07, 6.45) is 4.75. The molecule has 1 fully saturated rings. The largest absolute Gasteiger partial charge is 0.445 e. The molecule has 2 aromatic carbocycles. The first-order chi connectivity index (χ1) is 16.3. The van der Waals surface area contributed by atoms with Crippen molar-refractivity contribution in [2.75, 3.05) is 17.3 Å². The topological polar surface area (TPSA) is 102 Å². The number of hydrogen-bond acceptors (Lipinski definition) is 7. The number of carbonyl (C=O) groups excluding carboxylic acids is 1.